The Kier molecular flexibility index (Phi) is 5.62. The zero-order valence-electron chi connectivity index (χ0n) is 15.9. The number of hydrogen-bond donors (Lipinski definition) is 2. The third-order valence-corrected chi connectivity index (χ3v) is 4.83. The van der Waals surface area contributed by atoms with Crippen molar-refractivity contribution in [1.29, 1.82) is 0 Å². The first-order chi connectivity index (χ1) is 11.6. The molecule has 2 N–H and O–H groups in total. The van der Waals surface area contributed by atoms with Gasteiger partial charge in [0.2, 0.25) is 0 Å². The Morgan fingerprint density at radius 2 is 2.12 bits per heavy atom. The summed E-state index contributed by atoms with van der Waals surface area (Å²) < 4.78 is 10.8. The number of aliphatic hydroxyl groups is 1. The second-order valence-electron chi connectivity index (χ2n) is 7.90. The van der Waals surface area contributed by atoms with E-state index in [-0.39, 0.29) is 0 Å². The van der Waals surface area contributed by atoms with Crippen molar-refractivity contribution >= 4 is 6.09 Å². The Balaban J connectivity index is 2.25. The summed E-state index contributed by atoms with van der Waals surface area (Å²) in [4.78, 5) is 16.4. The van der Waals surface area contributed by atoms with Gasteiger partial charge in [0.25, 0.3) is 0 Å². The van der Waals surface area contributed by atoms with Gasteiger partial charge in [-0.1, -0.05) is 6.92 Å². The molecule has 1 saturated carbocycles. The van der Waals surface area contributed by atoms with Crippen LogP contribution in [0, 0.1) is 0 Å². The number of hydrogen-bond acceptors (Lipinski definition) is 5. The van der Waals surface area contributed by atoms with Gasteiger partial charge in [-0.25, -0.2) is 4.79 Å². The average molecular weight is 350 g/mol. The number of pyridine rings is 1. The van der Waals surface area contributed by atoms with Gasteiger partial charge >= 0.3 is 6.09 Å². The lowest BCUT2D eigenvalue weighted by molar-refractivity contribution is -0.0426. The van der Waals surface area contributed by atoms with E-state index in [4.69, 9.17) is 9.47 Å². The van der Waals surface area contributed by atoms with Crippen LogP contribution in [0.2, 0.25) is 0 Å². The summed E-state index contributed by atoms with van der Waals surface area (Å²) in [5.74, 6) is 0.564. The minimum absolute atomic E-state index is 0.413. The molecule has 0 aliphatic heterocycles. The van der Waals surface area contributed by atoms with Crippen LogP contribution in [0.3, 0.4) is 0 Å². The lowest BCUT2D eigenvalue weighted by atomic mass is 9.69. The highest BCUT2D eigenvalue weighted by Crippen LogP contribution is 2.45. The van der Waals surface area contributed by atoms with Crippen LogP contribution in [0.25, 0.3) is 0 Å². The Morgan fingerprint density at radius 3 is 2.72 bits per heavy atom. The number of carbonyl (C=O) groups excluding carboxylic acids is 1. The van der Waals surface area contributed by atoms with E-state index in [2.05, 4.69) is 10.3 Å². The molecule has 0 radical (unpaired) electrons. The molecule has 0 saturated heterocycles. The minimum atomic E-state index is -1.07. The Hall–Kier alpha value is -1.82. The molecule has 2 unspecified atom stereocenters. The highest BCUT2D eigenvalue weighted by atomic mass is 16.6. The van der Waals surface area contributed by atoms with Crippen LogP contribution in [0.4, 0.5) is 4.79 Å². The fourth-order valence-corrected chi connectivity index (χ4v) is 3.63. The summed E-state index contributed by atoms with van der Waals surface area (Å²) in [5.41, 5.74) is -1.42. The zero-order chi connectivity index (χ0) is 18.7. The zero-order valence-corrected chi connectivity index (χ0v) is 15.9. The van der Waals surface area contributed by atoms with E-state index in [1.807, 2.05) is 27.7 Å². The third-order valence-electron chi connectivity index (χ3n) is 4.83. The second kappa shape index (κ2) is 7.20. The molecular formula is C19H30N2O4. The van der Waals surface area contributed by atoms with Gasteiger partial charge in [-0.05, 0) is 52.5 Å². The van der Waals surface area contributed by atoms with Crippen LogP contribution in [-0.4, -0.2) is 34.4 Å². The molecule has 1 aliphatic carbocycles. The number of nitrogens with zero attached hydrogens (tertiary/aromatic N) is 1. The standard InChI is InChI=1S/C19H30N2O4/c1-6-18(21-16(22)25-17(2,3)4)9-7-10-19(23,13-18)14-8-11-20-12-15(14)24-5/h8,11-12,23H,6-7,9-10,13H2,1-5H3,(H,21,22). The summed E-state index contributed by atoms with van der Waals surface area (Å²) in [6.45, 7) is 7.53. The fraction of sp³-hybridized carbons (Fsp3) is 0.684. The van der Waals surface area contributed by atoms with Gasteiger partial charge in [-0.2, -0.15) is 0 Å². The van der Waals surface area contributed by atoms with Crippen molar-refractivity contribution in [3.63, 3.8) is 0 Å². The van der Waals surface area contributed by atoms with Crippen molar-refractivity contribution < 1.29 is 19.4 Å². The lowest BCUT2D eigenvalue weighted by Gasteiger charge is -2.46. The summed E-state index contributed by atoms with van der Waals surface area (Å²) in [5, 5.41) is 14.4. The van der Waals surface area contributed by atoms with E-state index in [9.17, 15) is 9.90 Å². The maximum atomic E-state index is 12.3. The molecule has 1 heterocycles. The Morgan fingerprint density at radius 1 is 1.40 bits per heavy atom. The number of rotatable bonds is 4. The highest BCUT2D eigenvalue weighted by molar-refractivity contribution is 5.69. The van der Waals surface area contributed by atoms with E-state index in [1.54, 1.807) is 25.6 Å². The van der Waals surface area contributed by atoms with E-state index in [1.165, 1.54) is 0 Å². The van der Waals surface area contributed by atoms with Crippen LogP contribution >= 0.6 is 0 Å². The van der Waals surface area contributed by atoms with E-state index >= 15 is 0 Å². The monoisotopic (exact) mass is 350 g/mol. The molecule has 2 atom stereocenters. The van der Waals surface area contributed by atoms with Crippen LogP contribution < -0.4 is 10.1 Å². The maximum absolute atomic E-state index is 12.3. The molecule has 25 heavy (non-hydrogen) atoms. The van der Waals surface area contributed by atoms with Crippen molar-refractivity contribution in [2.45, 2.75) is 76.5 Å². The summed E-state index contributed by atoms with van der Waals surface area (Å²) in [6.07, 6.45) is 6.16. The smallest absolute Gasteiger partial charge is 0.408 e. The summed E-state index contributed by atoms with van der Waals surface area (Å²) in [6, 6.07) is 1.79. The van der Waals surface area contributed by atoms with Crippen LogP contribution in [0.1, 0.15) is 65.4 Å². The minimum Gasteiger partial charge on any atom is -0.495 e. The topological polar surface area (TPSA) is 80.7 Å². The molecule has 1 aromatic heterocycles. The van der Waals surface area contributed by atoms with Gasteiger partial charge in [0.05, 0.1) is 18.9 Å². The third kappa shape index (κ3) is 4.63. The predicted octanol–water partition coefficient (Wildman–Crippen LogP) is 3.53. The molecule has 1 aliphatic rings. The SMILES string of the molecule is CCC1(NC(=O)OC(C)(C)C)CCCC(O)(c2ccncc2OC)C1. The normalized spacial score (nSPS) is 26.8. The quantitative estimate of drug-likeness (QED) is 0.868. The van der Waals surface area contributed by atoms with Crippen molar-refractivity contribution in [2.75, 3.05) is 7.11 Å². The number of ether oxygens (including phenoxy) is 2. The molecule has 6 nitrogen and oxygen atoms in total. The average Bonchev–Trinajstić information content (AvgIpc) is 2.53. The molecule has 140 valence electrons. The molecule has 0 spiro atoms. The summed E-state index contributed by atoms with van der Waals surface area (Å²) in [7, 11) is 1.57. The molecule has 0 bridgehead atoms. The van der Waals surface area contributed by atoms with Gasteiger partial charge in [-0.3, -0.25) is 4.98 Å². The van der Waals surface area contributed by atoms with Crippen molar-refractivity contribution in [1.82, 2.24) is 10.3 Å². The van der Waals surface area contributed by atoms with E-state index < -0.39 is 22.8 Å². The number of amides is 1. The first-order valence-corrected chi connectivity index (χ1v) is 8.85. The van der Waals surface area contributed by atoms with Gasteiger partial charge < -0.3 is 19.9 Å². The molecule has 0 aromatic carbocycles. The molecule has 1 fully saturated rings. The number of aromatic nitrogens is 1. The van der Waals surface area contributed by atoms with Crippen molar-refractivity contribution in [2.24, 2.45) is 0 Å². The lowest BCUT2D eigenvalue weighted by Crippen LogP contribution is -2.55. The van der Waals surface area contributed by atoms with Gasteiger partial charge in [0, 0.05) is 23.7 Å². The van der Waals surface area contributed by atoms with Crippen LogP contribution in [-0.2, 0) is 10.3 Å². The Bertz CT molecular complexity index is 614. The molecule has 1 amide bonds. The number of methoxy groups -OCH3 is 1. The highest BCUT2D eigenvalue weighted by Gasteiger charge is 2.46. The first-order valence-electron chi connectivity index (χ1n) is 8.85. The molecule has 1 aromatic rings. The fourth-order valence-electron chi connectivity index (χ4n) is 3.63. The number of nitrogens with one attached hydrogen (secondary N) is 1. The summed E-state index contributed by atoms with van der Waals surface area (Å²) >= 11 is 0. The number of carbonyl (C=O) groups is 1. The maximum Gasteiger partial charge on any atom is 0.408 e. The van der Waals surface area contributed by atoms with Crippen molar-refractivity contribution in [3.8, 4) is 5.75 Å². The van der Waals surface area contributed by atoms with Gasteiger partial charge in [0.1, 0.15) is 11.4 Å². The van der Waals surface area contributed by atoms with E-state index in [0.29, 0.717) is 30.6 Å². The van der Waals surface area contributed by atoms with Crippen LogP contribution in [0.15, 0.2) is 18.5 Å². The van der Waals surface area contributed by atoms with E-state index in [0.717, 1.165) is 12.8 Å². The van der Waals surface area contributed by atoms with Gasteiger partial charge in [-0.15, -0.1) is 0 Å². The molecular weight excluding hydrogens is 320 g/mol. The second-order valence-corrected chi connectivity index (χ2v) is 7.90. The first kappa shape index (κ1) is 19.5. The molecule has 2 rings (SSSR count). The molecule has 6 heteroatoms. The Labute approximate surface area is 149 Å². The predicted molar refractivity (Wildman–Crippen MR) is 95.5 cm³/mol. The number of alkyl carbamates (subject to hydrolysis) is 1. The van der Waals surface area contributed by atoms with Crippen LogP contribution in [0.5, 0.6) is 5.75 Å². The largest absolute Gasteiger partial charge is 0.495 e. The van der Waals surface area contributed by atoms with Crippen molar-refractivity contribution in [3.05, 3.63) is 24.0 Å². The van der Waals surface area contributed by atoms with Gasteiger partial charge in [0.15, 0.2) is 0 Å².